The number of ether oxygens (including phenoxy) is 1. The lowest BCUT2D eigenvalue weighted by Gasteiger charge is -2.43. The van der Waals surface area contributed by atoms with E-state index in [9.17, 15) is 5.26 Å². The Morgan fingerprint density at radius 2 is 1.59 bits per heavy atom. The number of nitriles is 1. The van der Waals surface area contributed by atoms with Gasteiger partial charge in [-0.3, -0.25) is 4.90 Å². The average molecular weight is 392 g/mol. The second-order valence-electron chi connectivity index (χ2n) is 8.34. The zero-order valence-electron chi connectivity index (χ0n) is 17.1. The van der Waals surface area contributed by atoms with E-state index in [4.69, 9.17) is 9.84 Å². The van der Waals surface area contributed by atoms with Crippen LogP contribution in [0.1, 0.15) is 31.2 Å². The first-order valence-corrected chi connectivity index (χ1v) is 10.5. The lowest BCUT2D eigenvalue weighted by atomic mass is 9.69. The molecule has 2 bridgehead atoms. The zero-order chi connectivity index (χ0) is 20.3. The molecule has 3 aliphatic heterocycles. The van der Waals surface area contributed by atoms with Gasteiger partial charge in [0.05, 0.1) is 11.5 Å². The summed E-state index contributed by atoms with van der Waals surface area (Å²) in [4.78, 5) is 5.05. The van der Waals surface area contributed by atoms with E-state index in [0.717, 1.165) is 25.7 Å². The number of likely N-dealkylation sites (N-methyl/N-ethyl adjacent to an activating group) is 1. The van der Waals surface area contributed by atoms with E-state index in [1.807, 2.05) is 12.1 Å². The Labute approximate surface area is 173 Å². The molecule has 5 nitrogen and oxygen atoms in total. The molecular formula is C24H29N3O2. The molecule has 2 aromatic carbocycles. The highest BCUT2D eigenvalue weighted by Crippen LogP contribution is 2.48. The molecule has 5 heteroatoms. The van der Waals surface area contributed by atoms with Crippen LogP contribution in [0, 0.1) is 11.3 Å². The van der Waals surface area contributed by atoms with Crippen molar-refractivity contribution >= 4 is 0 Å². The number of hydrogen-bond donors (Lipinski definition) is 1. The molecule has 3 heterocycles. The van der Waals surface area contributed by atoms with Gasteiger partial charge < -0.3 is 14.7 Å². The fourth-order valence-electron chi connectivity index (χ4n) is 4.61. The van der Waals surface area contributed by atoms with Gasteiger partial charge in [-0.15, -0.1) is 0 Å². The van der Waals surface area contributed by atoms with Gasteiger partial charge >= 0.3 is 0 Å². The number of aromatic hydroxyl groups is 1. The molecule has 0 spiro atoms. The predicted octanol–water partition coefficient (Wildman–Crippen LogP) is 4.14. The molecule has 0 atom stereocenters. The third-order valence-electron chi connectivity index (χ3n) is 6.59. The number of rotatable bonds is 2. The first kappa shape index (κ1) is 19.8. The molecule has 1 saturated carbocycles. The van der Waals surface area contributed by atoms with Crippen LogP contribution < -0.4 is 4.74 Å². The monoisotopic (exact) mass is 391 g/mol. The Morgan fingerprint density at radius 3 is 2.07 bits per heavy atom. The number of benzene rings is 2. The summed E-state index contributed by atoms with van der Waals surface area (Å²) >= 11 is 0. The highest BCUT2D eigenvalue weighted by Gasteiger charge is 2.38. The van der Waals surface area contributed by atoms with E-state index in [1.54, 1.807) is 12.1 Å². The van der Waals surface area contributed by atoms with Crippen molar-refractivity contribution in [3.05, 3.63) is 54.1 Å². The Hall–Kier alpha value is -2.55. The molecule has 152 valence electrons. The number of para-hydroxylation sites is 1. The van der Waals surface area contributed by atoms with Crippen LogP contribution >= 0.6 is 0 Å². The summed E-state index contributed by atoms with van der Waals surface area (Å²) in [5.74, 6) is 1.46. The first-order valence-electron chi connectivity index (χ1n) is 10.5. The molecule has 1 N–H and O–H groups in total. The van der Waals surface area contributed by atoms with Crippen LogP contribution in [0.25, 0.3) is 0 Å². The summed E-state index contributed by atoms with van der Waals surface area (Å²) in [5, 5.41) is 18.6. The number of hydrogen-bond acceptors (Lipinski definition) is 5. The maximum absolute atomic E-state index is 9.76. The molecule has 1 saturated heterocycles. The number of nitrogens with zero attached hydrogens (tertiary/aromatic N) is 3. The average Bonchev–Trinajstić information content (AvgIpc) is 2.81. The molecule has 0 amide bonds. The van der Waals surface area contributed by atoms with E-state index in [2.05, 4.69) is 47.2 Å². The number of piperazine rings is 1. The van der Waals surface area contributed by atoms with E-state index in [1.165, 1.54) is 31.7 Å². The Bertz CT molecular complexity index is 841. The molecule has 0 aromatic heterocycles. The fraction of sp³-hybridized carbons (Fsp3) is 0.458. The van der Waals surface area contributed by atoms with Crippen molar-refractivity contribution in [1.82, 2.24) is 9.80 Å². The summed E-state index contributed by atoms with van der Waals surface area (Å²) in [7, 11) is 2.20. The van der Waals surface area contributed by atoms with Crippen molar-refractivity contribution in [3.8, 4) is 23.3 Å². The Balaban J connectivity index is 0.000000211. The van der Waals surface area contributed by atoms with E-state index in [0.29, 0.717) is 17.5 Å². The van der Waals surface area contributed by atoms with Gasteiger partial charge in [0.2, 0.25) is 5.75 Å². The summed E-state index contributed by atoms with van der Waals surface area (Å²) in [6, 6.07) is 19.0. The third kappa shape index (κ3) is 4.10. The number of phenolic OH excluding ortho intramolecular Hbond substituents is 1. The van der Waals surface area contributed by atoms with Crippen molar-refractivity contribution < 1.29 is 9.84 Å². The van der Waals surface area contributed by atoms with Gasteiger partial charge in [-0.1, -0.05) is 36.4 Å². The quantitative estimate of drug-likeness (QED) is 0.712. The first-order chi connectivity index (χ1) is 14.1. The van der Waals surface area contributed by atoms with Crippen LogP contribution in [0.3, 0.4) is 0 Å². The maximum atomic E-state index is 9.76. The van der Waals surface area contributed by atoms with Crippen LogP contribution in [0.5, 0.6) is 17.2 Å². The zero-order valence-corrected chi connectivity index (χ0v) is 17.1. The van der Waals surface area contributed by atoms with E-state index < -0.39 is 0 Å². The minimum Gasteiger partial charge on any atom is -0.502 e. The lowest BCUT2D eigenvalue weighted by Crippen LogP contribution is -2.51. The SMILES string of the molecule is CN1CCN(C2CCC(C#N)(c3ccccc3)CC2)CC1.Oc1c2cccc1O2. The highest BCUT2D eigenvalue weighted by molar-refractivity contribution is 5.59. The fourth-order valence-corrected chi connectivity index (χ4v) is 4.61. The molecule has 0 unspecified atom stereocenters. The smallest absolute Gasteiger partial charge is 0.202 e. The molecule has 4 aliphatic rings. The van der Waals surface area contributed by atoms with Crippen LogP contribution in [0.4, 0.5) is 0 Å². The standard InChI is InChI=1S/C18H25N3.C6H4O2/c1-20-11-13-21(14-12-20)17-7-9-18(15-19,10-8-17)16-5-3-2-4-6-16;7-6-4-2-1-3-5(6)8-4/h2-6,17H,7-14H2,1H3;1-3,7H. The largest absolute Gasteiger partial charge is 0.502 e. The van der Waals surface area contributed by atoms with Gasteiger partial charge in [-0.05, 0) is 50.4 Å². The van der Waals surface area contributed by atoms with Crippen molar-refractivity contribution in [3.63, 3.8) is 0 Å². The minimum atomic E-state index is -0.246. The van der Waals surface area contributed by atoms with Crippen molar-refractivity contribution in [2.24, 2.45) is 0 Å². The van der Waals surface area contributed by atoms with Crippen LogP contribution in [-0.2, 0) is 5.41 Å². The van der Waals surface area contributed by atoms with Gasteiger partial charge in [0.1, 0.15) is 0 Å². The molecule has 29 heavy (non-hydrogen) atoms. The van der Waals surface area contributed by atoms with Gasteiger partial charge in [0.25, 0.3) is 0 Å². The summed E-state index contributed by atoms with van der Waals surface area (Å²) in [5.41, 5.74) is 0.967. The minimum absolute atomic E-state index is 0.246. The van der Waals surface area contributed by atoms with Gasteiger partial charge in [0, 0.05) is 32.2 Å². The normalized spacial score (nSPS) is 26.3. The van der Waals surface area contributed by atoms with Crippen molar-refractivity contribution in [2.75, 3.05) is 33.2 Å². The summed E-state index contributed by atoms with van der Waals surface area (Å²) < 4.78 is 4.89. The van der Waals surface area contributed by atoms with Gasteiger partial charge in [0.15, 0.2) is 11.5 Å². The van der Waals surface area contributed by atoms with Gasteiger partial charge in [-0.25, -0.2) is 0 Å². The topological polar surface area (TPSA) is 59.7 Å². The molecule has 1 aliphatic carbocycles. The van der Waals surface area contributed by atoms with Crippen molar-refractivity contribution in [2.45, 2.75) is 37.1 Å². The molecule has 0 radical (unpaired) electrons. The second-order valence-corrected chi connectivity index (χ2v) is 8.34. The van der Waals surface area contributed by atoms with Gasteiger partial charge in [-0.2, -0.15) is 5.26 Å². The second kappa shape index (κ2) is 8.44. The molecule has 2 fully saturated rings. The van der Waals surface area contributed by atoms with Crippen LogP contribution in [0.15, 0.2) is 48.5 Å². The molecular weight excluding hydrogens is 362 g/mol. The van der Waals surface area contributed by atoms with Crippen molar-refractivity contribution in [1.29, 1.82) is 5.26 Å². The Morgan fingerprint density at radius 1 is 0.966 bits per heavy atom. The summed E-state index contributed by atoms with van der Waals surface area (Å²) in [6.07, 6.45) is 4.33. The Kier molecular flexibility index (Phi) is 5.75. The third-order valence-corrected chi connectivity index (χ3v) is 6.59. The van der Waals surface area contributed by atoms with Crippen LogP contribution in [-0.4, -0.2) is 54.2 Å². The molecule has 6 rings (SSSR count). The summed E-state index contributed by atoms with van der Waals surface area (Å²) in [6.45, 7) is 4.73. The van der Waals surface area contributed by atoms with Crippen LogP contribution in [0.2, 0.25) is 0 Å². The lowest BCUT2D eigenvalue weighted by molar-refractivity contribution is 0.0817. The van der Waals surface area contributed by atoms with E-state index >= 15 is 0 Å². The number of phenols is 1. The predicted molar refractivity (Wildman–Crippen MR) is 113 cm³/mol. The molecule has 2 aromatic rings. The number of fused-ring (bicyclic) bond motifs is 2. The maximum Gasteiger partial charge on any atom is 0.202 e. The highest BCUT2D eigenvalue weighted by atomic mass is 16.5. The van der Waals surface area contributed by atoms with E-state index in [-0.39, 0.29) is 11.2 Å².